The summed E-state index contributed by atoms with van der Waals surface area (Å²) in [4.78, 5) is 0. The molecule has 0 N–H and O–H groups in total. The van der Waals surface area contributed by atoms with Gasteiger partial charge >= 0.3 is 0 Å². The Morgan fingerprint density at radius 2 is 2.33 bits per heavy atom. The topological polar surface area (TPSA) is 0 Å². The van der Waals surface area contributed by atoms with Crippen molar-refractivity contribution in [2.75, 3.05) is 0 Å². The summed E-state index contributed by atoms with van der Waals surface area (Å²) in [5.41, 5.74) is 2.62. The van der Waals surface area contributed by atoms with E-state index in [0.29, 0.717) is 5.92 Å². The Labute approximate surface area is 77.6 Å². The molecule has 12 heavy (non-hydrogen) atoms. The van der Waals surface area contributed by atoms with Crippen molar-refractivity contribution < 1.29 is 0 Å². The number of fused-ring (bicyclic) bond motifs is 1. The number of aryl methyl sites for hydroxylation is 1. The normalized spacial score (nSPS) is 20.2. The molecular weight excluding hydrogens is 168 g/mol. The molecule has 0 aliphatic heterocycles. The van der Waals surface area contributed by atoms with Crippen LogP contribution in [0.15, 0.2) is 18.2 Å². The molecule has 0 fully saturated rings. The Hall–Kier alpha value is -0.930. The van der Waals surface area contributed by atoms with Crippen molar-refractivity contribution in [1.29, 1.82) is 0 Å². The molecule has 0 nitrogen and oxygen atoms in total. The smallest absolute Gasteiger partial charge is 0.0455 e. The molecule has 0 bridgehead atoms. The van der Waals surface area contributed by atoms with Crippen LogP contribution in [0.3, 0.4) is 0 Å². The van der Waals surface area contributed by atoms with Crippen LogP contribution in [0.4, 0.5) is 0 Å². The lowest BCUT2D eigenvalue weighted by Crippen LogP contribution is -1.87. The molecule has 0 amide bonds. The maximum absolute atomic E-state index is 5.86. The van der Waals surface area contributed by atoms with E-state index >= 15 is 0 Å². The maximum Gasteiger partial charge on any atom is 0.0455 e. The quantitative estimate of drug-likeness (QED) is 0.533. The zero-order valence-electron chi connectivity index (χ0n) is 6.68. The summed E-state index contributed by atoms with van der Waals surface area (Å²) in [6, 6.07) is 5.99. The SMILES string of the molecule is C#CC1CCc2cc(Cl)ccc21. The van der Waals surface area contributed by atoms with Gasteiger partial charge in [0.2, 0.25) is 0 Å². The Kier molecular flexibility index (Phi) is 1.83. The minimum absolute atomic E-state index is 0.317. The van der Waals surface area contributed by atoms with Crippen LogP contribution in [0.5, 0.6) is 0 Å². The average Bonchev–Trinajstić information content (AvgIpc) is 2.46. The van der Waals surface area contributed by atoms with E-state index in [1.165, 1.54) is 11.1 Å². The fraction of sp³-hybridized carbons (Fsp3) is 0.273. The first-order chi connectivity index (χ1) is 5.81. The molecule has 2 rings (SSSR count). The van der Waals surface area contributed by atoms with Crippen LogP contribution < -0.4 is 0 Å². The molecule has 1 aromatic carbocycles. The average molecular weight is 177 g/mol. The van der Waals surface area contributed by atoms with E-state index in [-0.39, 0.29) is 0 Å². The minimum atomic E-state index is 0.317. The van der Waals surface area contributed by atoms with Gasteiger partial charge in [0.05, 0.1) is 0 Å². The van der Waals surface area contributed by atoms with Crippen molar-refractivity contribution >= 4 is 11.6 Å². The zero-order chi connectivity index (χ0) is 8.55. The third kappa shape index (κ3) is 1.11. The number of halogens is 1. The highest BCUT2D eigenvalue weighted by atomic mass is 35.5. The lowest BCUT2D eigenvalue weighted by atomic mass is 10.0. The van der Waals surface area contributed by atoms with Crippen LogP contribution in [-0.4, -0.2) is 0 Å². The molecule has 0 saturated carbocycles. The van der Waals surface area contributed by atoms with Gasteiger partial charge in [0, 0.05) is 10.9 Å². The minimum Gasteiger partial charge on any atom is -0.119 e. The second-order valence-electron chi connectivity index (χ2n) is 3.10. The Morgan fingerprint density at radius 1 is 1.50 bits per heavy atom. The highest BCUT2D eigenvalue weighted by molar-refractivity contribution is 6.30. The lowest BCUT2D eigenvalue weighted by molar-refractivity contribution is 0.837. The first kappa shape index (κ1) is 7.71. The first-order valence-corrected chi connectivity index (χ1v) is 4.43. The van der Waals surface area contributed by atoms with E-state index in [1.54, 1.807) is 0 Å². The highest BCUT2D eigenvalue weighted by Gasteiger charge is 2.19. The molecule has 1 aliphatic rings. The van der Waals surface area contributed by atoms with Crippen molar-refractivity contribution in [2.45, 2.75) is 18.8 Å². The van der Waals surface area contributed by atoms with E-state index in [0.717, 1.165) is 17.9 Å². The number of hydrogen-bond donors (Lipinski definition) is 0. The second kappa shape index (κ2) is 2.84. The molecule has 0 saturated heterocycles. The van der Waals surface area contributed by atoms with Crippen LogP contribution in [0, 0.1) is 12.3 Å². The summed E-state index contributed by atoms with van der Waals surface area (Å²) in [5, 5.41) is 0.812. The van der Waals surface area contributed by atoms with Crippen molar-refractivity contribution in [2.24, 2.45) is 0 Å². The second-order valence-corrected chi connectivity index (χ2v) is 3.54. The van der Waals surface area contributed by atoms with Gasteiger partial charge in [0.15, 0.2) is 0 Å². The van der Waals surface area contributed by atoms with Gasteiger partial charge < -0.3 is 0 Å². The highest BCUT2D eigenvalue weighted by Crippen LogP contribution is 2.33. The van der Waals surface area contributed by atoms with E-state index in [1.807, 2.05) is 12.1 Å². The monoisotopic (exact) mass is 176 g/mol. The molecule has 1 heteroatoms. The third-order valence-electron chi connectivity index (χ3n) is 2.38. The Morgan fingerprint density at radius 3 is 3.08 bits per heavy atom. The first-order valence-electron chi connectivity index (χ1n) is 4.05. The molecule has 1 aromatic rings. The van der Waals surface area contributed by atoms with Crippen LogP contribution >= 0.6 is 11.6 Å². The number of hydrogen-bond acceptors (Lipinski definition) is 0. The maximum atomic E-state index is 5.86. The molecular formula is C11H9Cl. The molecule has 0 aromatic heterocycles. The fourth-order valence-corrected chi connectivity index (χ4v) is 1.95. The summed E-state index contributed by atoms with van der Waals surface area (Å²) in [6.07, 6.45) is 7.55. The van der Waals surface area contributed by atoms with Gasteiger partial charge in [-0.15, -0.1) is 6.42 Å². The van der Waals surface area contributed by atoms with Crippen molar-refractivity contribution in [3.63, 3.8) is 0 Å². The van der Waals surface area contributed by atoms with Crippen LogP contribution in [0.25, 0.3) is 0 Å². The van der Waals surface area contributed by atoms with Crippen LogP contribution in [-0.2, 0) is 6.42 Å². The molecule has 1 unspecified atom stereocenters. The lowest BCUT2D eigenvalue weighted by Gasteiger charge is -2.02. The molecule has 1 atom stereocenters. The van der Waals surface area contributed by atoms with E-state index in [4.69, 9.17) is 18.0 Å². The molecule has 1 aliphatic carbocycles. The molecule has 0 radical (unpaired) electrons. The van der Waals surface area contributed by atoms with Crippen molar-refractivity contribution in [1.82, 2.24) is 0 Å². The van der Waals surface area contributed by atoms with Gasteiger partial charge in [-0.3, -0.25) is 0 Å². The van der Waals surface area contributed by atoms with E-state index in [2.05, 4.69) is 12.0 Å². The van der Waals surface area contributed by atoms with Crippen molar-refractivity contribution in [3.8, 4) is 12.3 Å². The van der Waals surface area contributed by atoms with E-state index < -0.39 is 0 Å². The van der Waals surface area contributed by atoms with Gasteiger partial charge in [0.1, 0.15) is 0 Å². The fourth-order valence-electron chi connectivity index (χ4n) is 1.76. The summed E-state index contributed by atoms with van der Waals surface area (Å²) in [7, 11) is 0. The largest absolute Gasteiger partial charge is 0.119 e. The molecule has 0 spiro atoms. The zero-order valence-corrected chi connectivity index (χ0v) is 7.43. The predicted molar refractivity (Wildman–Crippen MR) is 51.3 cm³/mol. The van der Waals surface area contributed by atoms with Crippen LogP contribution in [0.1, 0.15) is 23.5 Å². The molecule has 60 valence electrons. The summed E-state index contributed by atoms with van der Waals surface area (Å²) >= 11 is 5.86. The Balaban J connectivity index is 2.49. The van der Waals surface area contributed by atoms with Crippen molar-refractivity contribution in [3.05, 3.63) is 34.3 Å². The third-order valence-corrected chi connectivity index (χ3v) is 2.62. The molecule has 0 heterocycles. The van der Waals surface area contributed by atoms with Crippen LogP contribution in [0.2, 0.25) is 5.02 Å². The number of rotatable bonds is 0. The van der Waals surface area contributed by atoms with Gasteiger partial charge in [-0.05, 0) is 36.1 Å². The predicted octanol–water partition coefficient (Wildman–Crippen LogP) is 3.00. The van der Waals surface area contributed by atoms with Gasteiger partial charge in [0.25, 0.3) is 0 Å². The number of terminal acetylenes is 1. The van der Waals surface area contributed by atoms with E-state index in [9.17, 15) is 0 Å². The van der Waals surface area contributed by atoms with Gasteiger partial charge in [-0.1, -0.05) is 23.6 Å². The summed E-state index contributed by atoms with van der Waals surface area (Å²) in [6.45, 7) is 0. The standard InChI is InChI=1S/C11H9Cl/c1-2-8-3-4-9-7-10(12)5-6-11(8)9/h1,5-8H,3-4H2. The van der Waals surface area contributed by atoms with Gasteiger partial charge in [-0.2, -0.15) is 0 Å². The summed E-state index contributed by atoms with van der Waals surface area (Å²) < 4.78 is 0. The Bertz CT molecular complexity index is 347. The summed E-state index contributed by atoms with van der Waals surface area (Å²) in [5.74, 6) is 3.11. The van der Waals surface area contributed by atoms with Gasteiger partial charge in [-0.25, -0.2) is 0 Å². The number of benzene rings is 1.